The molecule has 3 aromatic rings. The van der Waals surface area contributed by atoms with Crippen LogP contribution >= 0.6 is 15.9 Å². The highest BCUT2D eigenvalue weighted by molar-refractivity contribution is 9.10. The van der Waals surface area contributed by atoms with Crippen molar-refractivity contribution in [2.45, 2.75) is 0 Å². The zero-order valence-electron chi connectivity index (χ0n) is 12.2. The zero-order valence-corrected chi connectivity index (χ0v) is 13.8. The van der Waals surface area contributed by atoms with E-state index in [1.165, 1.54) is 19.4 Å². The largest absolute Gasteiger partial charge is 0.496 e. The van der Waals surface area contributed by atoms with Gasteiger partial charge in [0, 0.05) is 33.9 Å². The lowest BCUT2D eigenvalue weighted by atomic mass is 10.0. The van der Waals surface area contributed by atoms with Gasteiger partial charge in [-0.15, -0.1) is 0 Å². The highest BCUT2D eigenvalue weighted by Crippen LogP contribution is 2.32. The number of nitro groups is 1. The molecule has 0 saturated carbocycles. The van der Waals surface area contributed by atoms with E-state index in [2.05, 4.69) is 25.9 Å². The van der Waals surface area contributed by atoms with E-state index >= 15 is 0 Å². The number of carbonyl (C=O) groups is 1. The highest BCUT2D eigenvalue weighted by atomic mass is 79.9. The van der Waals surface area contributed by atoms with Crippen LogP contribution in [0.5, 0.6) is 5.75 Å². The molecule has 0 aliphatic rings. The molecule has 0 unspecified atom stereocenters. The topological polar surface area (TPSA) is 98.1 Å². The molecule has 1 N–H and O–H groups in total. The van der Waals surface area contributed by atoms with E-state index in [1.54, 1.807) is 12.3 Å². The standard InChI is InChI=1S/C15H9BrFN3O4/c1-24-11-3-2-10(20(22)23)13(17)12(11)14(21)9-6-19-15-8(9)4-7(16)5-18-15/h2-6H,1H3,(H,18,19). The summed E-state index contributed by atoms with van der Waals surface area (Å²) in [6.45, 7) is 0. The number of carbonyl (C=O) groups excluding carboxylic acids is 1. The number of benzene rings is 1. The molecule has 2 aromatic heterocycles. The van der Waals surface area contributed by atoms with E-state index < -0.39 is 27.8 Å². The molecule has 24 heavy (non-hydrogen) atoms. The summed E-state index contributed by atoms with van der Waals surface area (Å²) < 4.78 is 20.1. The van der Waals surface area contributed by atoms with Crippen LogP contribution in [0.3, 0.4) is 0 Å². The van der Waals surface area contributed by atoms with Gasteiger partial charge in [0.15, 0.2) is 0 Å². The van der Waals surface area contributed by atoms with Gasteiger partial charge in [-0.05, 0) is 28.1 Å². The van der Waals surface area contributed by atoms with Crippen LogP contribution in [-0.2, 0) is 0 Å². The predicted molar refractivity (Wildman–Crippen MR) is 86.8 cm³/mol. The molecule has 9 heteroatoms. The molecule has 0 aliphatic carbocycles. The second-order valence-corrected chi connectivity index (χ2v) is 5.73. The minimum absolute atomic E-state index is 0.0830. The Morgan fingerprint density at radius 1 is 1.46 bits per heavy atom. The van der Waals surface area contributed by atoms with Crippen LogP contribution in [0.25, 0.3) is 11.0 Å². The van der Waals surface area contributed by atoms with Crippen molar-refractivity contribution in [2.75, 3.05) is 7.11 Å². The van der Waals surface area contributed by atoms with Crippen LogP contribution in [0.4, 0.5) is 10.1 Å². The average molecular weight is 394 g/mol. The monoisotopic (exact) mass is 393 g/mol. The van der Waals surface area contributed by atoms with E-state index in [-0.39, 0.29) is 11.3 Å². The minimum atomic E-state index is -1.23. The van der Waals surface area contributed by atoms with Gasteiger partial charge in [0.1, 0.15) is 17.0 Å². The maximum Gasteiger partial charge on any atom is 0.305 e. The van der Waals surface area contributed by atoms with Crippen LogP contribution in [-0.4, -0.2) is 27.8 Å². The quantitative estimate of drug-likeness (QED) is 0.414. The highest BCUT2D eigenvalue weighted by Gasteiger charge is 2.28. The third-order valence-corrected chi connectivity index (χ3v) is 3.90. The first-order valence-electron chi connectivity index (χ1n) is 6.62. The van der Waals surface area contributed by atoms with Crippen molar-refractivity contribution in [1.82, 2.24) is 9.97 Å². The molecule has 0 fully saturated rings. The SMILES string of the molecule is COc1ccc([N+](=O)[O-])c(F)c1C(=O)c1c[nH]c2ncc(Br)cc12. The number of nitro benzene ring substituents is 1. The van der Waals surface area contributed by atoms with Gasteiger partial charge >= 0.3 is 5.69 Å². The van der Waals surface area contributed by atoms with Gasteiger partial charge in [-0.2, -0.15) is 4.39 Å². The fourth-order valence-electron chi connectivity index (χ4n) is 2.37. The van der Waals surface area contributed by atoms with Crippen LogP contribution < -0.4 is 4.74 Å². The number of H-pyrrole nitrogens is 1. The normalized spacial score (nSPS) is 10.8. The Morgan fingerprint density at radius 2 is 2.21 bits per heavy atom. The Labute approximate surface area is 142 Å². The summed E-state index contributed by atoms with van der Waals surface area (Å²) in [5, 5.41) is 11.4. The van der Waals surface area contributed by atoms with Crippen LogP contribution in [0.2, 0.25) is 0 Å². The number of nitrogens with zero attached hydrogens (tertiary/aromatic N) is 2. The molecule has 122 valence electrons. The second kappa shape index (κ2) is 6.00. The number of pyridine rings is 1. The lowest BCUT2D eigenvalue weighted by Crippen LogP contribution is -2.08. The number of ether oxygens (including phenoxy) is 1. The lowest BCUT2D eigenvalue weighted by molar-refractivity contribution is -0.387. The van der Waals surface area contributed by atoms with Crippen molar-refractivity contribution < 1.29 is 18.8 Å². The lowest BCUT2D eigenvalue weighted by Gasteiger charge is -2.08. The Bertz CT molecular complexity index is 986. The maximum absolute atomic E-state index is 14.5. The molecule has 0 bridgehead atoms. The molecule has 7 nitrogen and oxygen atoms in total. The average Bonchev–Trinajstić information content (AvgIpc) is 2.96. The Hall–Kier alpha value is -2.81. The molecule has 3 rings (SSSR count). The van der Waals surface area contributed by atoms with Crippen molar-refractivity contribution in [3.63, 3.8) is 0 Å². The van der Waals surface area contributed by atoms with Crippen molar-refractivity contribution in [3.8, 4) is 5.75 Å². The van der Waals surface area contributed by atoms with Gasteiger partial charge in [0.2, 0.25) is 11.6 Å². The van der Waals surface area contributed by atoms with E-state index in [9.17, 15) is 19.3 Å². The van der Waals surface area contributed by atoms with Gasteiger partial charge in [-0.1, -0.05) is 0 Å². The number of halogens is 2. The summed E-state index contributed by atoms with van der Waals surface area (Å²) in [4.78, 5) is 29.8. The summed E-state index contributed by atoms with van der Waals surface area (Å²) in [5.74, 6) is -2.05. The van der Waals surface area contributed by atoms with Gasteiger partial charge in [0.25, 0.3) is 0 Å². The molecule has 0 spiro atoms. The van der Waals surface area contributed by atoms with E-state index in [1.807, 2.05) is 0 Å². The van der Waals surface area contributed by atoms with Gasteiger partial charge < -0.3 is 9.72 Å². The Morgan fingerprint density at radius 3 is 2.88 bits per heavy atom. The number of nitrogens with one attached hydrogen (secondary N) is 1. The van der Waals surface area contributed by atoms with Crippen molar-refractivity contribution >= 4 is 38.4 Å². The first-order chi connectivity index (χ1) is 11.4. The van der Waals surface area contributed by atoms with Crippen LogP contribution in [0.15, 0.2) is 35.1 Å². The number of methoxy groups -OCH3 is 1. The van der Waals surface area contributed by atoms with Crippen molar-refractivity contribution in [1.29, 1.82) is 0 Å². The second-order valence-electron chi connectivity index (χ2n) is 4.81. The molecule has 0 radical (unpaired) electrons. The molecule has 1 aromatic carbocycles. The summed E-state index contributed by atoms with van der Waals surface area (Å²) in [6.07, 6.45) is 2.92. The van der Waals surface area contributed by atoms with E-state index in [4.69, 9.17) is 4.74 Å². The van der Waals surface area contributed by atoms with Gasteiger partial charge in [-0.3, -0.25) is 14.9 Å². The Balaban J connectivity index is 2.24. The third-order valence-electron chi connectivity index (χ3n) is 3.47. The molecular formula is C15H9BrFN3O4. The predicted octanol–water partition coefficient (Wildman–Crippen LogP) is 3.61. The van der Waals surface area contributed by atoms with Crippen molar-refractivity contribution in [2.24, 2.45) is 0 Å². The first kappa shape index (κ1) is 16.1. The summed E-state index contributed by atoms with van der Waals surface area (Å²) in [5.41, 5.74) is -0.714. The smallest absolute Gasteiger partial charge is 0.305 e. The number of hydrogen-bond donors (Lipinski definition) is 1. The number of rotatable bonds is 4. The van der Waals surface area contributed by atoms with Crippen LogP contribution in [0, 0.1) is 15.9 Å². The first-order valence-corrected chi connectivity index (χ1v) is 7.41. The Kier molecular flexibility index (Phi) is 4.02. The number of aromatic amines is 1. The molecular weight excluding hydrogens is 385 g/mol. The summed E-state index contributed by atoms with van der Waals surface area (Å²) in [6, 6.07) is 3.80. The third kappa shape index (κ3) is 2.52. The molecule has 0 atom stereocenters. The number of aromatic nitrogens is 2. The molecule has 0 saturated heterocycles. The molecule has 2 heterocycles. The van der Waals surface area contributed by atoms with Crippen molar-refractivity contribution in [3.05, 3.63) is 62.1 Å². The summed E-state index contributed by atoms with van der Waals surface area (Å²) >= 11 is 3.25. The fraction of sp³-hybridized carbons (Fsp3) is 0.0667. The van der Waals surface area contributed by atoms with E-state index in [0.717, 1.165) is 6.07 Å². The zero-order chi connectivity index (χ0) is 17.4. The number of hydrogen-bond acceptors (Lipinski definition) is 5. The minimum Gasteiger partial charge on any atom is -0.496 e. The molecule has 0 aliphatic heterocycles. The molecule has 0 amide bonds. The fourth-order valence-corrected chi connectivity index (χ4v) is 2.70. The van der Waals surface area contributed by atoms with Crippen LogP contribution in [0.1, 0.15) is 15.9 Å². The number of ketones is 1. The van der Waals surface area contributed by atoms with E-state index in [0.29, 0.717) is 15.5 Å². The van der Waals surface area contributed by atoms with Gasteiger partial charge in [0.05, 0.1) is 12.0 Å². The maximum atomic E-state index is 14.5. The number of fused-ring (bicyclic) bond motifs is 1. The summed E-state index contributed by atoms with van der Waals surface area (Å²) in [7, 11) is 1.25. The van der Waals surface area contributed by atoms with Gasteiger partial charge in [-0.25, -0.2) is 4.98 Å².